The molecule has 0 radical (unpaired) electrons. The quantitative estimate of drug-likeness (QED) is 0.918. The maximum Gasteiger partial charge on any atom is 0.269 e. The predicted molar refractivity (Wildman–Crippen MR) is 86.8 cm³/mol. The smallest absolute Gasteiger partial charge is 0.269 e. The highest BCUT2D eigenvalue weighted by molar-refractivity contribution is 5.39. The Hall–Kier alpha value is -2.10. The van der Waals surface area contributed by atoms with E-state index in [-0.39, 0.29) is 5.56 Å². The van der Waals surface area contributed by atoms with Gasteiger partial charge >= 0.3 is 0 Å². The van der Waals surface area contributed by atoms with Crippen molar-refractivity contribution in [1.82, 2.24) is 9.78 Å². The number of hydrogen-bond donors (Lipinski definition) is 1. The minimum atomic E-state index is -0.0790. The van der Waals surface area contributed by atoms with E-state index in [9.17, 15) is 4.79 Å². The Kier molecular flexibility index (Phi) is 4.78. The third kappa shape index (κ3) is 4.18. The van der Waals surface area contributed by atoms with E-state index < -0.39 is 0 Å². The van der Waals surface area contributed by atoms with Gasteiger partial charge in [-0.2, -0.15) is 5.10 Å². The van der Waals surface area contributed by atoms with Crippen molar-refractivity contribution in [2.24, 2.45) is 5.92 Å². The summed E-state index contributed by atoms with van der Waals surface area (Å²) in [7, 11) is 0. The van der Waals surface area contributed by atoms with Crippen molar-refractivity contribution < 1.29 is 0 Å². The van der Waals surface area contributed by atoms with E-state index in [0.29, 0.717) is 12.5 Å². The molecule has 112 valence electrons. The molecule has 1 heterocycles. The summed E-state index contributed by atoms with van der Waals surface area (Å²) in [6, 6.07) is 7.87. The lowest BCUT2D eigenvalue weighted by Crippen LogP contribution is -2.24. The van der Waals surface area contributed by atoms with Crippen LogP contribution in [0.25, 0.3) is 0 Å². The lowest BCUT2D eigenvalue weighted by Gasteiger charge is -2.11. The van der Waals surface area contributed by atoms with Gasteiger partial charge in [0.25, 0.3) is 5.56 Å². The van der Waals surface area contributed by atoms with E-state index >= 15 is 0 Å². The minimum absolute atomic E-state index is 0.0790. The molecule has 4 nitrogen and oxygen atoms in total. The standard InChI is InChI=1S/C17H23N3O/c1-12(2)9-18-16-8-17(21)20(19-10-16)11-15-7-13(3)5-6-14(15)4/h5-8,10,12,18H,9,11H2,1-4H3. The zero-order valence-corrected chi connectivity index (χ0v) is 13.2. The van der Waals surface area contributed by atoms with Crippen molar-refractivity contribution in [2.75, 3.05) is 11.9 Å². The van der Waals surface area contributed by atoms with Gasteiger partial charge in [0.15, 0.2) is 0 Å². The summed E-state index contributed by atoms with van der Waals surface area (Å²) in [5.41, 5.74) is 4.21. The van der Waals surface area contributed by atoms with Crippen LogP contribution in [0.3, 0.4) is 0 Å². The molecule has 0 saturated carbocycles. The Morgan fingerprint density at radius 3 is 2.67 bits per heavy atom. The monoisotopic (exact) mass is 285 g/mol. The molecule has 1 aromatic heterocycles. The van der Waals surface area contributed by atoms with Gasteiger partial charge in [-0.3, -0.25) is 4.79 Å². The Labute approximate surface area is 125 Å². The van der Waals surface area contributed by atoms with Crippen molar-refractivity contribution >= 4 is 5.69 Å². The first kappa shape index (κ1) is 15.3. The molecule has 0 bridgehead atoms. The molecule has 0 saturated heterocycles. The first-order valence-corrected chi connectivity index (χ1v) is 7.33. The van der Waals surface area contributed by atoms with E-state index in [2.05, 4.69) is 56.3 Å². The lowest BCUT2D eigenvalue weighted by atomic mass is 10.1. The van der Waals surface area contributed by atoms with Crippen LogP contribution < -0.4 is 10.9 Å². The van der Waals surface area contributed by atoms with E-state index in [1.54, 1.807) is 12.3 Å². The molecule has 0 fully saturated rings. The summed E-state index contributed by atoms with van der Waals surface area (Å²) in [6.45, 7) is 9.71. The normalized spacial score (nSPS) is 10.9. The maximum atomic E-state index is 12.1. The molecule has 0 amide bonds. The van der Waals surface area contributed by atoms with Crippen LogP contribution in [0.4, 0.5) is 5.69 Å². The fraction of sp³-hybridized carbons (Fsp3) is 0.412. The van der Waals surface area contributed by atoms with Crippen LogP contribution in [0.2, 0.25) is 0 Å². The second kappa shape index (κ2) is 6.57. The molecular formula is C17H23N3O. The highest BCUT2D eigenvalue weighted by atomic mass is 16.1. The molecule has 0 spiro atoms. The van der Waals surface area contributed by atoms with Gasteiger partial charge in [0.1, 0.15) is 0 Å². The van der Waals surface area contributed by atoms with Crippen molar-refractivity contribution in [3.8, 4) is 0 Å². The Morgan fingerprint density at radius 2 is 2.00 bits per heavy atom. The Balaban J connectivity index is 2.18. The highest BCUT2D eigenvalue weighted by Crippen LogP contribution is 2.11. The molecule has 1 aromatic carbocycles. The van der Waals surface area contributed by atoms with E-state index in [1.807, 2.05) is 0 Å². The minimum Gasteiger partial charge on any atom is -0.383 e. The molecule has 0 aliphatic heterocycles. The number of nitrogens with zero attached hydrogens (tertiary/aromatic N) is 2. The number of benzene rings is 1. The van der Waals surface area contributed by atoms with Crippen LogP contribution in [0, 0.1) is 19.8 Å². The van der Waals surface area contributed by atoms with Crippen molar-refractivity contribution in [3.63, 3.8) is 0 Å². The summed E-state index contributed by atoms with van der Waals surface area (Å²) < 4.78 is 1.50. The van der Waals surface area contributed by atoms with Crippen LogP contribution in [0.1, 0.15) is 30.5 Å². The molecular weight excluding hydrogens is 262 g/mol. The largest absolute Gasteiger partial charge is 0.383 e. The van der Waals surface area contributed by atoms with Gasteiger partial charge < -0.3 is 5.32 Å². The molecule has 0 aliphatic rings. The van der Waals surface area contributed by atoms with Crippen molar-refractivity contribution in [2.45, 2.75) is 34.2 Å². The molecule has 2 aromatic rings. The number of anilines is 1. The average Bonchev–Trinajstić information content (AvgIpc) is 2.43. The van der Waals surface area contributed by atoms with E-state index in [4.69, 9.17) is 0 Å². The van der Waals surface area contributed by atoms with Gasteiger partial charge in [-0.15, -0.1) is 0 Å². The Bertz CT molecular complexity index is 674. The van der Waals surface area contributed by atoms with Crippen LogP contribution in [-0.4, -0.2) is 16.3 Å². The second-order valence-electron chi connectivity index (χ2n) is 5.94. The number of hydrogen-bond acceptors (Lipinski definition) is 3. The lowest BCUT2D eigenvalue weighted by molar-refractivity contribution is 0.635. The van der Waals surface area contributed by atoms with Gasteiger partial charge in [0.05, 0.1) is 18.4 Å². The molecule has 0 aliphatic carbocycles. The summed E-state index contributed by atoms with van der Waals surface area (Å²) in [5, 5.41) is 7.48. The third-order valence-electron chi connectivity index (χ3n) is 3.41. The summed E-state index contributed by atoms with van der Waals surface area (Å²) in [6.07, 6.45) is 1.72. The molecule has 1 N–H and O–H groups in total. The van der Waals surface area contributed by atoms with E-state index in [1.165, 1.54) is 15.8 Å². The molecule has 4 heteroatoms. The zero-order valence-electron chi connectivity index (χ0n) is 13.2. The summed E-state index contributed by atoms with van der Waals surface area (Å²) >= 11 is 0. The fourth-order valence-electron chi connectivity index (χ4n) is 2.10. The zero-order chi connectivity index (χ0) is 15.4. The van der Waals surface area contributed by atoms with Gasteiger partial charge in [-0.25, -0.2) is 4.68 Å². The van der Waals surface area contributed by atoms with Gasteiger partial charge in [0.2, 0.25) is 0 Å². The molecule has 2 rings (SSSR count). The Morgan fingerprint density at radius 1 is 1.24 bits per heavy atom. The SMILES string of the molecule is Cc1ccc(C)c(Cn2ncc(NCC(C)C)cc2=O)c1. The van der Waals surface area contributed by atoms with Crippen LogP contribution in [-0.2, 0) is 6.54 Å². The van der Waals surface area contributed by atoms with Crippen LogP contribution in [0.15, 0.2) is 35.3 Å². The van der Waals surface area contributed by atoms with Crippen LogP contribution >= 0.6 is 0 Å². The first-order chi connectivity index (χ1) is 9.95. The molecule has 0 atom stereocenters. The van der Waals surface area contributed by atoms with Crippen molar-refractivity contribution in [3.05, 3.63) is 57.5 Å². The second-order valence-corrected chi connectivity index (χ2v) is 5.94. The summed E-state index contributed by atoms with van der Waals surface area (Å²) in [4.78, 5) is 12.1. The van der Waals surface area contributed by atoms with Crippen molar-refractivity contribution in [1.29, 1.82) is 0 Å². The fourth-order valence-corrected chi connectivity index (χ4v) is 2.10. The molecule has 0 unspecified atom stereocenters. The number of nitrogens with one attached hydrogen (secondary N) is 1. The third-order valence-corrected chi connectivity index (χ3v) is 3.41. The highest BCUT2D eigenvalue weighted by Gasteiger charge is 2.04. The maximum absolute atomic E-state index is 12.1. The number of aryl methyl sites for hydroxylation is 2. The first-order valence-electron chi connectivity index (χ1n) is 7.33. The number of aromatic nitrogens is 2. The van der Waals surface area contributed by atoms with Gasteiger partial charge in [0, 0.05) is 12.6 Å². The van der Waals surface area contributed by atoms with Gasteiger partial charge in [-0.05, 0) is 30.9 Å². The predicted octanol–water partition coefficient (Wildman–Crippen LogP) is 2.98. The average molecular weight is 285 g/mol. The number of rotatable bonds is 5. The van der Waals surface area contributed by atoms with Gasteiger partial charge in [-0.1, -0.05) is 37.6 Å². The van der Waals surface area contributed by atoms with Crippen LogP contribution in [0.5, 0.6) is 0 Å². The molecule has 21 heavy (non-hydrogen) atoms. The van der Waals surface area contributed by atoms with E-state index in [0.717, 1.165) is 17.8 Å². The topological polar surface area (TPSA) is 46.9 Å². The summed E-state index contributed by atoms with van der Waals surface area (Å²) in [5.74, 6) is 0.530.